The molecule has 0 fully saturated rings. The van der Waals surface area contributed by atoms with E-state index in [0.717, 1.165) is 27.6 Å². The van der Waals surface area contributed by atoms with Gasteiger partial charge in [-0.2, -0.15) is 0 Å². The highest BCUT2D eigenvalue weighted by molar-refractivity contribution is 6.14. The second-order valence-corrected chi connectivity index (χ2v) is 32.3. The first-order valence-corrected chi connectivity index (χ1v) is 41.7. The number of benzene rings is 17. The lowest BCUT2D eigenvalue weighted by molar-refractivity contribution is 0.282. The van der Waals surface area contributed by atoms with Crippen molar-refractivity contribution >= 4 is 109 Å². The van der Waals surface area contributed by atoms with E-state index >= 15 is 0 Å². The molecular formula is C114H97N5O2. The molecule has 22 rings (SSSR count). The Morgan fingerprint density at radius 1 is 0.207 bits per heavy atom. The van der Waals surface area contributed by atoms with Gasteiger partial charge in [0.15, 0.2) is 0 Å². The minimum atomic E-state index is 0.0658. The van der Waals surface area contributed by atoms with E-state index in [2.05, 4.69) is 432 Å². The number of methoxy groups -OCH3 is 1. The molecule has 17 aromatic carbocycles. The molecule has 0 aliphatic carbocycles. The molecule has 1 N–H and O–H groups in total. The van der Waals surface area contributed by atoms with Gasteiger partial charge >= 0.3 is 0 Å². The Hall–Kier alpha value is -14.5. The Labute approximate surface area is 707 Å². The fourth-order valence-corrected chi connectivity index (χ4v) is 17.8. The zero-order valence-electron chi connectivity index (χ0n) is 70.5. The van der Waals surface area contributed by atoms with Crippen LogP contribution in [0.2, 0.25) is 0 Å². The van der Waals surface area contributed by atoms with E-state index in [-0.39, 0.29) is 6.61 Å². The first kappa shape index (κ1) is 77.7. The van der Waals surface area contributed by atoms with E-state index in [4.69, 9.17) is 4.74 Å². The van der Waals surface area contributed by atoms with Gasteiger partial charge in [0.1, 0.15) is 5.75 Å². The number of aryl methyl sites for hydroxylation is 10. The van der Waals surface area contributed by atoms with Gasteiger partial charge in [-0.3, -0.25) is 0 Å². The summed E-state index contributed by atoms with van der Waals surface area (Å²) in [6, 6.07) is 133. The first-order chi connectivity index (χ1) is 59.0. The number of ether oxygens (including phenoxy) is 1. The first-order valence-electron chi connectivity index (χ1n) is 41.7. The van der Waals surface area contributed by atoms with Crippen molar-refractivity contribution < 1.29 is 9.84 Å². The summed E-state index contributed by atoms with van der Waals surface area (Å²) >= 11 is 0. The molecule has 0 saturated carbocycles. The van der Waals surface area contributed by atoms with Crippen molar-refractivity contribution in [3.63, 3.8) is 0 Å². The van der Waals surface area contributed by atoms with Crippen LogP contribution in [0.5, 0.6) is 5.75 Å². The molecule has 22 aromatic rings. The van der Waals surface area contributed by atoms with Crippen LogP contribution in [0.25, 0.3) is 187 Å². The largest absolute Gasteiger partial charge is 0.497 e. The number of hydrogen-bond donors (Lipinski definition) is 1. The van der Waals surface area contributed by atoms with E-state index in [9.17, 15) is 5.11 Å². The summed E-state index contributed by atoms with van der Waals surface area (Å²) < 4.78 is 16.6. The van der Waals surface area contributed by atoms with Gasteiger partial charge in [-0.1, -0.05) is 265 Å². The van der Waals surface area contributed by atoms with Crippen LogP contribution >= 0.6 is 0 Å². The molecule has 0 atom stereocenters. The highest BCUT2D eigenvalue weighted by Crippen LogP contribution is 2.41. The Morgan fingerprint density at radius 2 is 0.446 bits per heavy atom. The summed E-state index contributed by atoms with van der Waals surface area (Å²) in [5.41, 5.74) is 37.7. The Balaban J connectivity index is 0.000000104. The summed E-state index contributed by atoms with van der Waals surface area (Å²) in [6.07, 6.45) is 0. The van der Waals surface area contributed by atoms with Crippen molar-refractivity contribution in [1.29, 1.82) is 0 Å². The van der Waals surface area contributed by atoms with Gasteiger partial charge in [-0.05, 0) is 251 Å². The zero-order valence-corrected chi connectivity index (χ0v) is 70.5. The van der Waals surface area contributed by atoms with Crippen LogP contribution < -0.4 is 4.74 Å². The molecule has 5 heterocycles. The molecule has 0 amide bonds. The van der Waals surface area contributed by atoms with E-state index in [1.807, 2.05) is 30.3 Å². The monoisotopic (exact) mass is 1570 g/mol. The molecule has 0 aliphatic rings. The number of hydrogen-bond acceptors (Lipinski definition) is 2. The number of fused-ring (bicyclic) bond motifs is 15. The second-order valence-electron chi connectivity index (χ2n) is 32.3. The van der Waals surface area contributed by atoms with Gasteiger partial charge < -0.3 is 32.7 Å². The Bertz CT molecular complexity index is 7260. The lowest BCUT2D eigenvalue weighted by Gasteiger charge is -2.07. The van der Waals surface area contributed by atoms with Crippen LogP contribution in [0.15, 0.2) is 370 Å². The van der Waals surface area contributed by atoms with Gasteiger partial charge in [0, 0.05) is 144 Å². The molecule has 121 heavy (non-hydrogen) atoms. The fraction of sp³-hybridized carbons (Fsp3) is 0.105. The molecule has 7 nitrogen and oxygen atoms in total. The van der Waals surface area contributed by atoms with Gasteiger partial charge in [0.25, 0.3) is 0 Å². The molecule has 7 heteroatoms. The Morgan fingerprint density at radius 3 is 0.777 bits per heavy atom. The third-order valence-electron chi connectivity index (χ3n) is 24.7. The lowest BCUT2D eigenvalue weighted by atomic mass is 9.97. The minimum Gasteiger partial charge on any atom is -0.497 e. The maximum atomic E-state index is 9.25. The molecule has 0 spiro atoms. The lowest BCUT2D eigenvalue weighted by Crippen LogP contribution is -1.87. The summed E-state index contributed by atoms with van der Waals surface area (Å²) in [6.45, 7) is 10.8. The Kier molecular flexibility index (Phi) is 21.3. The SMILES string of the molecule is COc1ccc2c(c1)c1cc(CO)ccc1n2C.Cc1ccc(-c2ccc3c(c2)c2cc(-c4ccc(C)cc4)ccc2n3C)cc1.Cc1ccc(-c2ccc3c(c2)c2ccccc2n3C)cc1.Cc1ccccc1-c1ccc2c(c1)c1cc(-c3ccccc3C)ccc1n2C.Cn1c2ccc(-c3ccccc3)cc2c2cc(-c3ccccc3)ccc21. The van der Waals surface area contributed by atoms with Crippen molar-refractivity contribution in [3.05, 3.63) is 403 Å². The molecular weight excluding hydrogens is 1470 g/mol. The molecule has 590 valence electrons. The van der Waals surface area contributed by atoms with Crippen molar-refractivity contribution in [2.24, 2.45) is 35.2 Å². The van der Waals surface area contributed by atoms with Crippen LogP contribution in [0, 0.1) is 34.6 Å². The zero-order chi connectivity index (χ0) is 83.1. The maximum Gasteiger partial charge on any atom is 0.119 e. The number of aliphatic hydroxyl groups is 1. The summed E-state index contributed by atoms with van der Waals surface area (Å²) in [4.78, 5) is 0. The van der Waals surface area contributed by atoms with Gasteiger partial charge in [0.2, 0.25) is 0 Å². The normalized spacial score (nSPS) is 11.3. The van der Waals surface area contributed by atoms with Gasteiger partial charge in [-0.15, -0.1) is 0 Å². The number of aromatic nitrogens is 5. The third-order valence-corrected chi connectivity index (χ3v) is 24.7. The predicted octanol–water partition coefficient (Wildman–Crippen LogP) is 29.4. The number of nitrogens with zero attached hydrogens (tertiary/aromatic N) is 5. The summed E-state index contributed by atoms with van der Waals surface area (Å²) in [7, 11) is 12.3. The molecule has 0 radical (unpaired) electrons. The average molecular weight is 1570 g/mol. The van der Waals surface area contributed by atoms with Gasteiger partial charge in [0.05, 0.1) is 13.7 Å². The number of aliphatic hydroxyl groups excluding tert-OH is 1. The summed E-state index contributed by atoms with van der Waals surface area (Å²) in [5, 5.41) is 22.1. The predicted molar refractivity (Wildman–Crippen MR) is 516 cm³/mol. The van der Waals surface area contributed by atoms with Crippen LogP contribution in [-0.2, 0) is 41.8 Å². The third kappa shape index (κ3) is 15.1. The van der Waals surface area contributed by atoms with E-state index in [1.165, 1.54) is 198 Å². The van der Waals surface area contributed by atoms with Crippen molar-refractivity contribution in [2.75, 3.05) is 7.11 Å². The fourth-order valence-electron chi connectivity index (χ4n) is 17.8. The molecule has 5 aromatic heterocycles. The highest BCUT2D eigenvalue weighted by Gasteiger charge is 2.18. The van der Waals surface area contributed by atoms with Crippen molar-refractivity contribution in [1.82, 2.24) is 22.8 Å². The van der Waals surface area contributed by atoms with Gasteiger partial charge in [-0.25, -0.2) is 0 Å². The second kappa shape index (κ2) is 33.1. The standard InChI is InChI=1S/2C27H23N.C25H19N.C20H17N.C15H15NO2/c1-18-4-8-20(9-5-18)22-12-14-26-24(16-22)25-17-23(13-15-27(25)28(26)3)21-10-6-19(2)7-11-21;1-18-8-4-6-10-22(18)20-12-14-26-24(16-20)25-17-21(13-15-27(25)28(26)3)23-11-7-5-9-19(23)2;1-26-24-14-12-20(18-8-4-2-5-9-18)16-22(24)23-17-21(13-15-25(23)26)19-10-6-3-7-11-19;1-14-7-9-15(10-8-14)16-11-12-20-18(13-16)17-5-3-4-6-19(17)21(20)2;1-16-14-5-3-10(9-17)7-12(14)13-8-11(18-2)4-6-15(13)16/h2*4-17H,1-3H3;2-17H,1H3;3-13H,1-2H3;3-8,17H,9H2,1-2H3. The molecule has 0 aliphatic heterocycles. The average Bonchev–Trinajstić information content (AvgIpc) is 1.63. The molecule has 0 bridgehead atoms. The minimum absolute atomic E-state index is 0.0658. The summed E-state index contributed by atoms with van der Waals surface area (Å²) in [5.74, 6) is 0.851. The van der Waals surface area contributed by atoms with E-state index in [0.29, 0.717) is 0 Å². The number of para-hydroxylation sites is 1. The quantitative estimate of drug-likeness (QED) is 0.157. The van der Waals surface area contributed by atoms with E-state index < -0.39 is 0 Å². The van der Waals surface area contributed by atoms with Crippen molar-refractivity contribution in [2.45, 2.75) is 41.2 Å². The van der Waals surface area contributed by atoms with Crippen LogP contribution in [0.3, 0.4) is 0 Å². The highest BCUT2D eigenvalue weighted by atomic mass is 16.5. The van der Waals surface area contributed by atoms with E-state index in [1.54, 1.807) is 7.11 Å². The molecule has 0 saturated heterocycles. The topological polar surface area (TPSA) is 54.1 Å². The van der Waals surface area contributed by atoms with Crippen LogP contribution in [0.1, 0.15) is 33.4 Å². The molecule has 0 unspecified atom stereocenters. The van der Waals surface area contributed by atoms with Crippen LogP contribution in [0.4, 0.5) is 0 Å². The van der Waals surface area contributed by atoms with Crippen molar-refractivity contribution in [3.8, 4) is 83.6 Å². The smallest absolute Gasteiger partial charge is 0.119 e. The number of rotatable bonds is 9. The van der Waals surface area contributed by atoms with Crippen LogP contribution in [-0.4, -0.2) is 35.1 Å². The maximum absolute atomic E-state index is 9.25.